The Bertz CT molecular complexity index is 655. The summed E-state index contributed by atoms with van der Waals surface area (Å²) >= 11 is 0. The van der Waals surface area contributed by atoms with Crippen LogP contribution in [-0.4, -0.2) is 21.9 Å². The van der Waals surface area contributed by atoms with Gasteiger partial charge in [0.05, 0.1) is 6.42 Å². The summed E-state index contributed by atoms with van der Waals surface area (Å²) in [5, 5.41) is 16.9. The molecule has 2 aromatic rings. The Morgan fingerprint density at radius 1 is 1.29 bits per heavy atom. The lowest BCUT2D eigenvalue weighted by Crippen LogP contribution is -2.26. The molecule has 0 bridgehead atoms. The van der Waals surface area contributed by atoms with E-state index >= 15 is 0 Å². The molecule has 0 spiro atoms. The normalized spacial score (nSPS) is 13.9. The molecule has 0 aliphatic heterocycles. The van der Waals surface area contributed by atoms with E-state index in [9.17, 15) is 0 Å². The molecule has 0 radical (unpaired) electrons. The standard InChI is InChI=1S/C14H18N4O3/c1-5-14(4,19-6-2)13-16-12(21-18-13)7-11-10(8-15)9(3)20-17-11/h5-7H2,1-4H3. The lowest BCUT2D eigenvalue weighted by atomic mass is 10.0. The summed E-state index contributed by atoms with van der Waals surface area (Å²) in [4.78, 5) is 4.36. The van der Waals surface area contributed by atoms with Crippen molar-refractivity contribution < 1.29 is 13.8 Å². The molecule has 0 fully saturated rings. The fourth-order valence-corrected chi connectivity index (χ4v) is 2.01. The zero-order valence-electron chi connectivity index (χ0n) is 12.6. The van der Waals surface area contributed by atoms with Crippen LogP contribution < -0.4 is 0 Å². The van der Waals surface area contributed by atoms with Crippen LogP contribution in [0, 0.1) is 18.3 Å². The molecule has 0 N–H and O–H groups in total. The van der Waals surface area contributed by atoms with Crippen LogP contribution in [0.25, 0.3) is 0 Å². The summed E-state index contributed by atoms with van der Waals surface area (Å²) in [5.41, 5.74) is 0.339. The highest BCUT2D eigenvalue weighted by Gasteiger charge is 2.31. The first kappa shape index (κ1) is 15.2. The molecule has 0 aliphatic carbocycles. The van der Waals surface area contributed by atoms with Crippen LogP contribution in [0.1, 0.15) is 55.9 Å². The Kier molecular flexibility index (Phi) is 4.38. The van der Waals surface area contributed by atoms with Gasteiger partial charge in [-0.15, -0.1) is 0 Å². The van der Waals surface area contributed by atoms with Crippen LogP contribution in [-0.2, 0) is 16.8 Å². The molecular formula is C14H18N4O3. The average molecular weight is 290 g/mol. The molecular weight excluding hydrogens is 272 g/mol. The van der Waals surface area contributed by atoms with E-state index in [1.807, 2.05) is 20.8 Å². The van der Waals surface area contributed by atoms with Gasteiger partial charge in [-0.25, -0.2) is 0 Å². The third-order valence-corrected chi connectivity index (χ3v) is 3.44. The van der Waals surface area contributed by atoms with Crippen molar-refractivity contribution in [1.29, 1.82) is 5.26 Å². The molecule has 1 unspecified atom stereocenters. The van der Waals surface area contributed by atoms with Crippen LogP contribution in [0.15, 0.2) is 9.05 Å². The molecule has 1 atom stereocenters. The lowest BCUT2D eigenvalue weighted by molar-refractivity contribution is -0.0403. The van der Waals surface area contributed by atoms with Gasteiger partial charge in [-0.2, -0.15) is 10.2 Å². The van der Waals surface area contributed by atoms with E-state index in [1.165, 1.54) is 0 Å². The fraction of sp³-hybridized carbons (Fsp3) is 0.571. The second-order valence-corrected chi connectivity index (χ2v) is 4.88. The molecule has 21 heavy (non-hydrogen) atoms. The van der Waals surface area contributed by atoms with Crippen LogP contribution >= 0.6 is 0 Å². The smallest absolute Gasteiger partial charge is 0.232 e. The number of nitrogens with zero attached hydrogens (tertiary/aromatic N) is 4. The maximum atomic E-state index is 9.07. The summed E-state index contributed by atoms with van der Waals surface area (Å²) in [6.45, 7) is 8.10. The number of aromatic nitrogens is 3. The van der Waals surface area contributed by atoms with Gasteiger partial charge < -0.3 is 13.8 Å². The first-order valence-electron chi connectivity index (χ1n) is 6.86. The highest BCUT2D eigenvalue weighted by molar-refractivity contribution is 5.36. The first-order valence-corrected chi connectivity index (χ1v) is 6.86. The summed E-state index contributed by atoms with van der Waals surface area (Å²) < 4.78 is 16.0. The minimum atomic E-state index is -0.575. The molecule has 0 amide bonds. The van der Waals surface area contributed by atoms with Crippen LogP contribution in [0.5, 0.6) is 0 Å². The van der Waals surface area contributed by atoms with Crippen molar-refractivity contribution in [3.63, 3.8) is 0 Å². The van der Waals surface area contributed by atoms with Gasteiger partial charge in [0.2, 0.25) is 11.7 Å². The maximum absolute atomic E-state index is 9.07. The van der Waals surface area contributed by atoms with E-state index in [1.54, 1.807) is 6.92 Å². The second kappa shape index (κ2) is 6.06. The van der Waals surface area contributed by atoms with E-state index in [0.717, 1.165) is 6.42 Å². The minimum Gasteiger partial charge on any atom is -0.367 e. The first-order chi connectivity index (χ1) is 10.0. The predicted octanol–water partition coefficient (Wildman–Crippen LogP) is 2.49. The molecule has 2 aromatic heterocycles. The highest BCUT2D eigenvalue weighted by Crippen LogP contribution is 2.27. The number of rotatable bonds is 6. The van der Waals surface area contributed by atoms with Gasteiger partial charge in [0.1, 0.15) is 22.9 Å². The molecule has 0 aromatic carbocycles. The topological polar surface area (TPSA) is 98.0 Å². The quantitative estimate of drug-likeness (QED) is 0.805. The van der Waals surface area contributed by atoms with Crippen molar-refractivity contribution in [2.24, 2.45) is 0 Å². The van der Waals surface area contributed by atoms with Crippen molar-refractivity contribution in [3.8, 4) is 6.07 Å². The van der Waals surface area contributed by atoms with Crippen molar-refractivity contribution in [1.82, 2.24) is 15.3 Å². The third kappa shape index (κ3) is 2.95. The molecule has 0 saturated carbocycles. The van der Waals surface area contributed by atoms with Gasteiger partial charge in [0.25, 0.3) is 0 Å². The average Bonchev–Trinajstić information content (AvgIpc) is 3.07. The van der Waals surface area contributed by atoms with Gasteiger partial charge in [0, 0.05) is 6.61 Å². The Balaban J connectivity index is 2.22. The fourth-order valence-electron chi connectivity index (χ4n) is 2.01. The van der Waals surface area contributed by atoms with Gasteiger partial charge in [-0.3, -0.25) is 0 Å². The molecule has 7 nitrogen and oxygen atoms in total. The molecule has 112 valence electrons. The SMILES string of the molecule is CCOC(C)(CC)c1noc(Cc2noc(C)c2C#N)n1. The Morgan fingerprint density at radius 2 is 2.05 bits per heavy atom. The molecule has 2 rings (SSSR count). The van der Waals surface area contributed by atoms with Gasteiger partial charge in [-0.05, 0) is 27.2 Å². The predicted molar refractivity (Wildman–Crippen MR) is 72.3 cm³/mol. The van der Waals surface area contributed by atoms with Gasteiger partial charge in [0.15, 0.2) is 5.76 Å². The Hall–Kier alpha value is -2.20. The van der Waals surface area contributed by atoms with E-state index in [4.69, 9.17) is 19.0 Å². The molecule has 0 saturated heterocycles. The maximum Gasteiger partial charge on any atom is 0.232 e. The van der Waals surface area contributed by atoms with Crippen molar-refractivity contribution in [2.45, 2.75) is 46.1 Å². The number of ether oxygens (including phenoxy) is 1. The number of hydrogen-bond acceptors (Lipinski definition) is 7. The Morgan fingerprint density at radius 3 is 2.67 bits per heavy atom. The second-order valence-electron chi connectivity index (χ2n) is 4.88. The molecule has 0 aliphatic rings. The number of nitriles is 1. The Labute approximate surface area is 122 Å². The van der Waals surface area contributed by atoms with Crippen molar-refractivity contribution >= 4 is 0 Å². The van der Waals surface area contributed by atoms with E-state index in [-0.39, 0.29) is 6.42 Å². The highest BCUT2D eigenvalue weighted by atomic mass is 16.5. The number of hydrogen-bond donors (Lipinski definition) is 0. The minimum absolute atomic E-state index is 0.263. The van der Waals surface area contributed by atoms with Crippen LogP contribution in [0.2, 0.25) is 0 Å². The van der Waals surface area contributed by atoms with Gasteiger partial charge in [-0.1, -0.05) is 17.2 Å². The molecule has 2 heterocycles. The van der Waals surface area contributed by atoms with Crippen molar-refractivity contribution in [2.75, 3.05) is 6.61 Å². The van der Waals surface area contributed by atoms with Gasteiger partial charge >= 0.3 is 0 Å². The van der Waals surface area contributed by atoms with E-state index in [2.05, 4.69) is 21.4 Å². The lowest BCUT2D eigenvalue weighted by Gasteiger charge is -2.23. The van der Waals surface area contributed by atoms with Crippen LogP contribution in [0.4, 0.5) is 0 Å². The van der Waals surface area contributed by atoms with Crippen LogP contribution in [0.3, 0.4) is 0 Å². The largest absolute Gasteiger partial charge is 0.367 e. The summed E-state index contributed by atoms with van der Waals surface area (Å²) in [7, 11) is 0. The summed E-state index contributed by atoms with van der Waals surface area (Å²) in [6.07, 6.45) is 0.992. The van der Waals surface area contributed by atoms with E-state index in [0.29, 0.717) is 35.3 Å². The zero-order valence-corrected chi connectivity index (χ0v) is 12.6. The molecule has 7 heteroatoms. The monoisotopic (exact) mass is 290 g/mol. The summed E-state index contributed by atoms with van der Waals surface area (Å²) in [5.74, 6) is 1.37. The van der Waals surface area contributed by atoms with E-state index < -0.39 is 5.60 Å². The summed E-state index contributed by atoms with van der Waals surface area (Å²) in [6, 6.07) is 2.06. The zero-order chi connectivity index (χ0) is 15.5. The number of aryl methyl sites for hydroxylation is 1. The third-order valence-electron chi connectivity index (χ3n) is 3.44. The van der Waals surface area contributed by atoms with Crippen molar-refractivity contribution in [3.05, 3.63) is 28.7 Å².